The van der Waals surface area contributed by atoms with Gasteiger partial charge in [0, 0.05) is 6.42 Å². The molecule has 0 bridgehead atoms. The fourth-order valence-electron chi connectivity index (χ4n) is 0.709. The molecule has 0 aliphatic rings. The Morgan fingerprint density at radius 1 is 1.77 bits per heavy atom. The molecule has 1 atom stereocenters. The minimum Gasteiger partial charge on any atom is -0.480 e. The highest BCUT2D eigenvalue weighted by atomic mass is 16.6. The van der Waals surface area contributed by atoms with Gasteiger partial charge in [0.1, 0.15) is 18.5 Å². The molecule has 0 aromatic rings. The Morgan fingerprint density at radius 2 is 2.38 bits per heavy atom. The van der Waals surface area contributed by atoms with Gasteiger partial charge in [-0.25, -0.2) is 0 Å². The quantitative estimate of drug-likeness (QED) is 0.223. The lowest BCUT2D eigenvalue weighted by molar-refractivity contribution is -0.139. The first-order valence-electron chi connectivity index (χ1n) is 3.90. The van der Waals surface area contributed by atoms with Gasteiger partial charge in [0.15, 0.2) is 0 Å². The number of hydrogen-bond acceptors (Lipinski definition) is 4. The Bertz CT molecular complexity index is 189. The maximum atomic E-state index is 10.5. The van der Waals surface area contributed by atoms with Crippen molar-refractivity contribution < 1.29 is 14.7 Å². The lowest BCUT2D eigenvalue weighted by Crippen LogP contribution is -2.34. The van der Waals surface area contributed by atoms with Crippen LogP contribution in [0.1, 0.15) is 13.3 Å². The van der Waals surface area contributed by atoms with Gasteiger partial charge in [-0.05, 0) is 14.0 Å². The number of carbonyl (C=O) groups is 1. The van der Waals surface area contributed by atoms with Crippen molar-refractivity contribution in [3.05, 3.63) is 0 Å². The summed E-state index contributed by atoms with van der Waals surface area (Å²) in [6.45, 7) is 1.82. The molecule has 1 unspecified atom stereocenters. The summed E-state index contributed by atoms with van der Waals surface area (Å²) in [5.41, 5.74) is 5.19. The SMILES string of the molecule is CNC(CCON=C(C)N)C(=O)O. The van der Waals surface area contributed by atoms with Crippen LogP contribution in [0, 0.1) is 0 Å². The van der Waals surface area contributed by atoms with Crippen molar-refractivity contribution in [1.29, 1.82) is 0 Å². The predicted octanol–water partition coefficient (Wildman–Crippen LogP) is -0.642. The first-order valence-corrected chi connectivity index (χ1v) is 3.90. The molecule has 0 radical (unpaired) electrons. The third-order valence-corrected chi connectivity index (χ3v) is 1.35. The monoisotopic (exact) mass is 189 g/mol. The first-order chi connectivity index (χ1) is 6.07. The van der Waals surface area contributed by atoms with Crippen LogP contribution in [0.25, 0.3) is 0 Å². The molecule has 13 heavy (non-hydrogen) atoms. The van der Waals surface area contributed by atoms with Crippen LogP contribution in [0.2, 0.25) is 0 Å². The summed E-state index contributed by atoms with van der Waals surface area (Å²) >= 11 is 0. The largest absolute Gasteiger partial charge is 0.480 e. The molecule has 0 saturated heterocycles. The standard InChI is InChI=1S/C7H15N3O3/c1-5(8)10-13-4-3-6(9-2)7(11)12/h6,9H,3-4H2,1-2H3,(H2,8,10)(H,11,12). The Hall–Kier alpha value is -1.30. The van der Waals surface area contributed by atoms with Crippen LogP contribution in [0.15, 0.2) is 5.16 Å². The average molecular weight is 189 g/mol. The van der Waals surface area contributed by atoms with E-state index >= 15 is 0 Å². The van der Waals surface area contributed by atoms with Crippen LogP contribution in [0.4, 0.5) is 0 Å². The fourth-order valence-corrected chi connectivity index (χ4v) is 0.709. The molecule has 0 saturated carbocycles. The summed E-state index contributed by atoms with van der Waals surface area (Å²) in [4.78, 5) is 15.2. The van der Waals surface area contributed by atoms with Gasteiger partial charge in [-0.3, -0.25) is 4.79 Å². The minimum atomic E-state index is -0.903. The molecule has 6 nitrogen and oxygen atoms in total. The lowest BCUT2D eigenvalue weighted by atomic mass is 10.2. The first kappa shape index (κ1) is 11.7. The van der Waals surface area contributed by atoms with Gasteiger partial charge in [-0.15, -0.1) is 0 Å². The summed E-state index contributed by atoms with van der Waals surface area (Å²) in [7, 11) is 1.58. The lowest BCUT2D eigenvalue weighted by Gasteiger charge is -2.09. The number of likely N-dealkylation sites (N-methyl/N-ethyl adjacent to an activating group) is 1. The number of carboxylic acid groups (broad SMARTS) is 1. The second kappa shape index (κ2) is 6.24. The van der Waals surface area contributed by atoms with E-state index in [0.717, 1.165) is 0 Å². The highest BCUT2D eigenvalue weighted by molar-refractivity contribution is 5.76. The van der Waals surface area contributed by atoms with Crippen molar-refractivity contribution in [3.8, 4) is 0 Å². The number of nitrogens with two attached hydrogens (primary N) is 1. The van der Waals surface area contributed by atoms with E-state index < -0.39 is 12.0 Å². The molecule has 0 amide bonds. The summed E-state index contributed by atoms with van der Waals surface area (Å²) in [6, 6.07) is -0.603. The van der Waals surface area contributed by atoms with Crippen molar-refractivity contribution >= 4 is 11.8 Å². The number of oxime groups is 1. The Balaban J connectivity index is 3.62. The van der Waals surface area contributed by atoms with E-state index in [9.17, 15) is 4.79 Å². The zero-order valence-electron chi connectivity index (χ0n) is 7.78. The molecule has 0 fully saturated rings. The Kier molecular flexibility index (Phi) is 5.62. The summed E-state index contributed by atoms with van der Waals surface area (Å²) in [6.07, 6.45) is 0.350. The van der Waals surface area contributed by atoms with Crippen LogP contribution in [0.3, 0.4) is 0 Å². The molecule has 0 rings (SSSR count). The maximum absolute atomic E-state index is 10.5. The summed E-state index contributed by atoms with van der Waals surface area (Å²) in [5, 5.41) is 14.7. The van der Waals surface area contributed by atoms with Gasteiger partial charge in [0.2, 0.25) is 0 Å². The van der Waals surface area contributed by atoms with Gasteiger partial charge in [0.05, 0.1) is 0 Å². The van der Waals surface area contributed by atoms with Gasteiger partial charge >= 0.3 is 5.97 Å². The number of rotatable bonds is 6. The molecule has 0 aromatic carbocycles. The van der Waals surface area contributed by atoms with E-state index in [1.165, 1.54) is 0 Å². The highest BCUT2D eigenvalue weighted by Crippen LogP contribution is 1.92. The molecular weight excluding hydrogens is 174 g/mol. The predicted molar refractivity (Wildman–Crippen MR) is 48.3 cm³/mol. The van der Waals surface area contributed by atoms with Gasteiger partial charge in [-0.1, -0.05) is 5.16 Å². The van der Waals surface area contributed by atoms with Crippen LogP contribution < -0.4 is 11.1 Å². The Morgan fingerprint density at radius 3 is 2.77 bits per heavy atom. The van der Waals surface area contributed by atoms with Crippen LogP contribution >= 0.6 is 0 Å². The van der Waals surface area contributed by atoms with Crippen molar-refractivity contribution in [1.82, 2.24) is 5.32 Å². The number of amidine groups is 1. The van der Waals surface area contributed by atoms with E-state index in [0.29, 0.717) is 12.3 Å². The number of nitrogens with one attached hydrogen (secondary N) is 1. The molecule has 0 aliphatic heterocycles. The highest BCUT2D eigenvalue weighted by Gasteiger charge is 2.13. The van der Waals surface area contributed by atoms with Gasteiger partial charge in [-0.2, -0.15) is 0 Å². The third-order valence-electron chi connectivity index (χ3n) is 1.35. The number of hydrogen-bond donors (Lipinski definition) is 3. The molecule has 76 valence electrons. The maximum Gasteiger partial charge on any atom is 0.320 e. The topological polar surface area (TPSA) is 96.9 Å². The minimum absolute atomic E-state index is 0.229. The van der Waals surface area contributed by atoms with E-state index in [-0.39, 0.29) is 6.61 Å². The van der Waals surface area contributed by atoms with Gasteiger partial charge in [0.25, 0.3) is 0 Å². The fraction of sp³-hybridized carbons (Fsp3) is 0.714. The van der Waals surface area contributed by atoms with Gasteiger partial charge < -0.3 is 21.0 Å². The smallest absolute Gasteiger partial charge is 0.320 e. The third kappa shape index (κ3) is 5.92. The zero-order valence-corrected chi connectivity index (χ0v) is 7.78. The van der Waals surface area contributed by atoms with E-state index in [1.54, 1.807) is 14.0 Å². The van der Waals surface area contributed by atoms with E-state index in [1.807, 2.05) is 0 Å². The van der Waals surface area contributed by atoms with Crippen molar-refractivity contribution in [2.45, 2.75) is 19.4 Å². The normalized spacial score (nSPS) is 13.8. The Labute approximate surface area is 76.7 Å². The molecule has 0 aliphatic carbocycles. The van der Waals surface area contributed by atoms with Crippen LogP contribution in [0.5, 0.6) is 0 Å². The van der Waals surface area contributed by atoms with Crippen LogP contribution in [-0.2, 0) is 9.63 Å². The second-order valence-corrected chi connectivity index (χ2v) is 2.53. The molecular formula is C7H15N3O3. The summed E-state index contributed by atoms with van der Waals surface area (Å²) < 4.78 is 0. The van der Waals surface area contributed by atoms with Crippen LogP contribution in [-0.4, -0.2) is 36.6 Å². The molecule has 0 heterocycles. The summed E-state index contributed by atoms with van der Waals surface area (Å²) in [5.74, 6) is -0.587. The molecule has 0 spiro atoms. The van der Waals surface area contributed by atoms with E-state index in [2.05, 4.69) is 10.5 Å². The average Bonchev–Trinajstić information content (AvgIpc) is 2.03. The second-order valence-electron chi connectivity index (χ2n) is 2.53. The molecule has 0 aromatic heterocycles. The van der Waals surface area contributed by atoms with Crippen molar-refractivity contribution in [2.75, 3.05) is 13.7 Å². The zero-order chi connectivity index (χ0) is 10.3. The molecule has 6 heteroatoms. The molecule has 4 N–H and O–H groups in total. The van der Waals surface area contributed by atoms with E-state index in [4.69, 9.17) is 15.7 Å². The number of carboxylic acids is 1. The number of nitrogens with zero attached hydrogens (tertiary/aromatic N) is 1. The van der Waals surface area contributed by atoms with Crippen molar-refractivity contribution in [2.24, 2.45) is 10.9 Å². The number of aliphatic carboxylic acids is 1. The van der Waals surface area contributed by atoms with Crippen molar-refractivity contribution in [3.63, 3.8) is 0 Å².